The van der Waals surface area contributed by atoms with Crippen molar-refractivity contribution < 1.29 is 0 Å². The summed E-state index contributed by atoms with van der Waals surface area (Å²) in [5, 5.41) is 2.92. The number of hydrogen-bond donors (Lipinski definition) is 2. The molecule has 0 aliphatic heterocycles. The van der Waals surface area contributed by atoms with Crippen LogP contribution in [0.5, 0.6) is 0 Å². The van der Waals surface area contributed by atoms with Crippen molar-refractivity contribution in [2.45, 2.75) is 6.07 Å². The zero-order chi connectivity index (χ0) is 11.4. The summed E-state index contributed by atoms with van der Waals surface area (Å²) in [6.07, 6.45) is 1.71. The number of nitrogens with one attached hydrogen (secondary N) is 1. The normalized spacial score (nSPS) is 12.1. The van der Waals surface area contributed by atoms with Crippen molar-refractivity contribution in [2.24, 2.45) is 5.73 Å². The van der Waals surface area contributed by atoms with E-state index in [-0.39, 0.29) is 0 Å². The first-order valence-corrected chi connectivity index (χ1v) is 5.05. The van der Waals surface area contributed by atoms with Gasteiger partial charge in [0.2, 0.25) is 0 Å². The number of pyridine rings is 1. The highest BCUT2D eigenvalue weighted by Crippen LogP contribution is 2.25. The van der Waals surface area contributed by atoms with Gasteiger partial charge in [-0.05, 0) is 17.7 Å². The molecule has 4 heteroatoms. The van der Waals surface area contributed by atoms with Crippen LogP contribution in [0.15, 0.2) is 48.7 Å². The molecule has 3 N–H and O–H groups in total. The fourth-order valence-corrected chi connectivity index (χ4v) is 1.53. The monoisotopic (exact) mass is 209 g/mol. The summed E-state index contributed by atoms with van der Waals surface area (Å²) < 4.78 is 0. The van der Waals surface area contributed by atoms with Crippen LogP contribution >= 0.6 is 0 Å². The summed E-state index contributed by atoms with van der Waals surface area (Å²) >= 11 is 0. The van der Waals surface area contributed by atoms with Gasteiger partial charge in [-0.25, -0.2) is 4.98 Å². The first-order valence-electron chi connectivity index (χ1n) is 5.05. The van der Waals surface area contributed by atoms with Gasteiger partial charge in [0.1, 0.15) is 13.7 Å². The summed E-state index contributed by atoms with van der Waals surface area (Å²) in [5.41, 5.74) is 7.57. The maximum absolute atomic E-state index is 5.50. The maximum Gasteiger partial charge on any atom is 0.134 e. The number of nitrogens with zero attached hydrogens (tertiary/aromatic N) is 1. The number of anilines is 1. The minimum Gasteiger partial charge on any atom is -0.363 e. The topological polar surface area (TPSA) is 50.9 Å². The quantitative estimate of drug-likeness (QED) is 0.595. The van der Waals surface area contributed by atoms with Gasteiger partial charge in [-0.1, -0.05) is 30.3 Å². The number of rotatable bonds is 3. The van der Waals surface area contributed by atoms with E-state index in [0.29, 0.717) is 5.82 Å². The van der Waals surface area contributed by atoms with Crippen LogP contribution in [0, 0.1) is 0 Å². The van der Waals surface area contributed by atoms with Gasteiger partial charge in [-0.3, -0.25) is 0 Å². The molecule has 2 radical (unpaired) electrons. The molecule has 0 fully saturated rings. The molecule has 0 aliphatic rings. The van der Waals surface area contributed by atoms with Crippen molar-refractivity contribution in [1.82, 2.24) is 4.98 Å². The highest BCUT2D eigenvalue weighted by molar-refractivity contribution is 6.12. The Morgan fingerprint density at radius 3 is 2.56 bits per heavy atom. The van der Waals surface area contributed by atoms with Crippen molar-refractivity contribution in [3.8, 4) is 11.1 Å². The third-order valence-corrected chi connectivity index (χ3v) is 2.20. The zero-order valence-electron chi connectivity index (χ0n) is 8.80. The molecule has 3 nitrogen and oxygen atoms in total. The summed E-state index contributed by atoms with van der Waals surface area (Å²) in [6.45, 7) is 0. The van der Waals surface area contributed by atoms with Crippen LogP contribution in [0.1, 0.15) is 0 Å². The average Bonchev–Trinajstić information content (AvgIpc) is 2.30. The molecule has 0 amide bonds. The van der Waals surface area contributed by atoms with Crippen LogP contribution < -0.4 is 11.1 Å². The standard InChI is InChI=1S/C12H12BN3/c13-12(14)16-11-10(7-4-8-15-11)9-5-2-1-3-6-9/h1-8,12H,14H2,(H,15,16). The second kappa shape index (κ2) is 4.81. The lowest BCUT2D eigenvalue weighted by atomic mass is 10.0. The Bertz CT molecular complexity index is 457. The molecule has 0 bridgehead atoms. The predicted octanol–water partition coefficient (Wildman–Crippen LogP) is 1.57. The Morgan fingerprint density at radius 1 is 1.12 bits per heavy atom. The molecule has 1 atom stereocenters. The van der Waals surface area contributed by atoms with E-state index in [1.807, 2.05) is 42.5 Å². The van der Waals surface area contributed by atoms with E-state index in [9.17, 15) is 0 Å². The Balaban J connectivity index is 2.41. The van der Waals surface area contributed by atoms with E-state index >= 15 is 0 Å². The SMILES string of the molecule is [B]C(N)Nc1ncccc1-c1ccccc1. The van der Waals surface area contributed by atoms with Crippen LogP contribution in [0.4, 0.5) is 5.82 Å². The molecule has 0 saturated carbocycles. The van der Waals surface area contributed by atoms with Crippen LogP contribution in [0.3, 0.4) is 0 Å². The van der Waals surface area contributed by atoms with Crippen molar-refractivity contribution in [1.29, 1.82) is 0 Å². The molecule has 1 unspecified atom stereocenters. The second-order valence-corrected chi connectivity index (χ2v) is 3.44. The average molecular weight is 209 g/mol. The minimum atomic E-state index is -0.614. The molecule has 1 aromatic heterocycles. The third kappa shape index (κ3) is 2.41. The molecular weight excluding hydrogens is 197 g/mol. The van der Waals surface area contributed by atoms with Crippen LogP contribution in [-0.4, -0.2) is 18.9 Å². The second-order valence-electron chi connectivity index (χ2n) is 3.44. The number of benzene rings is 1. The molecule has 0 saturated heterocycles. The van der Waals surface area contributed by atoms with Gasteiger partial charge in [0.15, 0.2) is 0 Å². The Hall–Kier alpha value is -1.81. The molecule has 1 aromatic carbocycles. The molecule has 1 heterocycles. The van der Waals surface area contributed by atoms with Crippen molar-refractivity contribution in [3.05, 3.63) is 48.7 Å². The molecular formula is C12H12BN3. The molecule has 16 heavy (non-hydrogen) atoms. The maximum atomic E-state index is 5.50. The van der Waals surface area contributed by atoms with Crippen molar-refractivity contribution in [3.63, 3.8) is 0 Å². The number of aromatic nitrogens is 1. The Kier molecular flexibility index (Phi) is 3.22. The fraction of sp³-hybridized carbons (Fsp3) is 0.0833. The van der Waals surface area contributed by atoms with E-state index in [1.165, 1.54) is 0 Å². The fourth-order valence-electron chi connectivity index (χ4n) is 1.53. The van der Waals surface area contributed by atoms with E-state index in [1.54, 1.807) is 6.20 Å². The third-order valence-electron chi connectivity index (χ3n) is 2.20. The van der Waals surface area contributed by atoms with Crippen molar-refractivity contribution >= 4 is 13.7 Å². The number of nitrogens with two attached hydrogens (primary N) is 1. The lowest BCUT2D eigenvalue weighted by Crippen LogP contribution is -2.30. The van der Waals surface area contributed by atoms with E-state index < -0.39 is 6.07 Å². The lowest BCUT2D eigenvalue weighted by Gasteiger charge is -2.13. The summed E-state index contributed by atoms with van der Waals surface area (Å²) in [7, 11) is 5.50. The van der Waals surface area contributed by atoms with Crippen molar-refractivity contribution in [2.75, 3.05) is 5.32 Å². The van der Waals surface area contributed by atoms with Gasteiger partial charge >= 0.3 is 0 Å². The number of hydrogen-bond acceptors (Lipinski definition) is 3. The Morgan fingerprint density at radius 2 is 1.88 bits per heavy atom. The van der Waals surface area contributed by atoms with Gasteiger partial charge in [0, 0.05) is 17.8 Å². The first-order chi connectivity index (χ1) is 7.77. The molecule has 0 spiro atoms. The first kappa shape index (κ1) is 10.7. The van der Waals surface area contributed by atoms with Crippen LogP contribution in [0.25, 0.3) is 11.1 Å². The van der Waals surface area contributed by atoms with E-state index in [2.05, 4.69) is 10.3 Å². The summed E-state index contributed by atoms with van der Waals surface area (Å²) in [4.78, 5) is 4.22. The van der Waals surface area contributed by atoms with E-state index in [0.717, 1.165) is 11.1 Å². The highest BCUT2D eigenvalue weighted by atomic mass is 15.1. The van der Waals surface area contributed by atoms with Gasteiger partial charge in [-0.15, -0.1) is 0 Å². The Labute approximate surface area is 96.1 Å². The zero-order valence-corrected chi connectivity index (χ0v) is 8.80. The highest BCUT2D eigenvalue weighted by Gasteiger charge is 2.05. The minimum absolute atomic E-state index is 0.614. The van der Waals surface area contributed by atoms with E-state index in [4.69, 9.17) is 13.6 Å². The largest absolute Gasteiger partial charge is 0.363 e. The van der Waals surface area contributed by atoms with Gasteiger partial charge < -0.3 is 11.1 Å². The lowest BCUT2D eigenvalue weighted by molar-refractivity contribution is 1.02. The molecule has 2 rings (SSSR count). The molecule has 78 valence electrons. The molecule has 0 aliphatic carbocycles. The molecule has 2 aromatic rings. The van der Waals surface area contributed by atoms with Gasteiger partial charge in [0.05, 0.1) is 0 Å². The smallest absolute Gasteiger partial charge is 0.134 e. The van der Waals surface area contributed by atoms with Gasteiger partial charge in [-0.2, -0.15) is 0 Å². The van der Waals surface area contributed by atoms with Crippen LogP contribution in [0.2, 0.25) is 0 Å². The van der Waals surface area contributed by atoms with Crippen LogP contribution in [-0.2, 0) is 0 Å². The summed E-state index contributed by atoms with van der Waals surface area (Å²) in [6, 6.07) is 13.2. The summed E-state index contributed by atoms with van der Waals surface area (Å²) in [5.74, 6) is 0.698. The predicted molar refractivity (Wildman–Crippen MR) is 67.0 cm³/mol. The van der Waals surface area contributed by atoms with Gasteiger partial charge in [0.25, 0.3) is 0 Å².